The highest BCUT2D eigenvalue weighted by Gasteiger charge is 2.28. The van der Waals surface area contributed by atoms with E-state index >= 15 is 0 Å². The average molecular weight is 379 g/mol. The van der Waals surface area contributed by atoms with Crippen molar-refractivity contribution in [2.75, 3.05) is 13.1 Å². The van der Waals surface area contributed by atoms with E-state index in [-0.39, 0.29) is 12.0 Å². The fourth-order valence-electron chi connectivity index (χ4n) is 2.53. The summed E-state index contributed by atoms with van der Waals surface area (Å²) in [4.78, 5) is 14.9. The van der Waals surface area contributed by atoms with E-state index in [0.29, 0.717) is 16.4 Å². The molecule has 1 unspecified atom stereocenters. The molecule has 0 amide bonds. The van der Waals surface area contributed by atoms with Crippen molar-refractivity contribution in [2.45, 2.75) is 31.9 Å². The van der Waals surface area contributed by atoms with Crippen LogP contribution >= 0.6 is 11.3 Å². The Bertz CT molecular complexity index is 642. The summed E-state index contributed by atoms with van der Waals surface area (Å²) in [6, 6.07) is 1.34. The van der Waals surface area contributed by atoms with Crippen LogP contribution in [-0.4, -0.2) is 48.0 Å². The van der Waals surface area contributed by atoms with Crippen LogP contribution in [0.1, 0.15) is 29.7 Å². The summed E-state index contributed by atoms with van der Waals surface area (Å²) >= 11 is 1.11. The van der Waals surface area contributed by atoms with Gasteiger partial charge >= 0.3 is 0 Å². The number of amidine groups is 1. The molecule has 5 nitrogen and oxygen atoms in total. The minimum atomic E-state index is -2.66. The number of likely N-dealkylation sites (tertiary alicyclic amines) is 1. The van der Waals surface area contributed by atoms with Crippen LogP contribution in [0.4, 0.5) is 17.6 Å². The zero-order chi connectivity index (χ0) is 18.4. The Morgan fingerprint density at radius 3 is 2.48 bits per heavy atom. The molecule has 1 aromatic rings. The first-order chi connectivity index (χ1) is 12.0. The summed E-state index contributed by atoms with van der Waals surface area (Å²) in [6.45, 7) is 1.32. The Morgan fingerprint density at radius 2 is 1.96 bits per heavy atom. The third kappa shape index (κ3) is 4.94. The first-order valence-electron chi connectivity index (χ1n) is 7.50. The molecular formula is C15H17F4N3O2S. The molecule has 3 rings (SSSR count). The molecule has 0 aromatic carbocycles. The van der Waals surface area contributed by atoms with Crippen LogP contribution in [0.3, 0.4) is 0 Å². The number of aliphatic imine (C=N–C) groups is 1. The first kappa shape index (κ1) is 19.2. The lowest BCUT2D eigenvalue weighted by molar-refractivity contribution is -0.122. The molecule has 0 radical (unpaired) electrons. The molecule has 1 atom stereocenters. The molecule has 2 N–H and O–H groups in total. The summed E-state index contributed by atoms with van der Waals surface area (Å²) in [5.74, 6) is 0.503. The van der Waals surface area contributed by atoms with Gasteiger partial charge in [0.2, 0.25) is 0 Å². The minimum Gasteiger partial charge on any atom is -0.483 e. The SMILES string of the molecule is FC(F)c1csc(C2=CC(N3CCCC3)=NC(C(F)F)N2)c1.O=CO. The summed E-state index contributed by atoms with van der Waals surface area (Å²) < 4.78 is 51.5. The number of carboxylic acid groups (broad SMARTS) is 1. The second-order valence-electron chi connectivity index (χ2n) is 5.31. The lowest BCUT2D eigenvalue weighted by Crippen LogP contribution is -2.40. The second-order valence-corrected chi connectivity index (χ2v) is 6.22. The van der Waals surface area contributed by atoms with E-state index in [1.807, 2.05) is 4.90 Å². The Hall–Kier alpha value is -2.10. The van der Waals surface area contributed by atoms with E-state index in [2.05, 4.69) is 10.3 Å². The highest BCUT2D eigenvalue weighted by atomic mass is 32.1. The largest absolute Gasteiger partial charge is 0.483 e. The molecule has 1 aromatic heterocycles. The smallest absolute Gasteiger partial charge is 0.290 e. The molecule has 3 heterocycles. The highest BCUT2D eigenvalue weighted by molar-refractivity contribution is 7.11. The standard InChI is InChI=1S/C14H15F4N3S.CH2O2/c15-12(16)8-5-10(22-7-8)9-6-11(21-3-1-2-4-21)20-14(19-9)13(17)18;2-1-3/h5-7,12-14,19H,1-4H2;1H,(H,2,3). The number of thiophene rings is 1. The van der Waals surface area contributed by atoms with Crippen LogP contribution in [0.15, 0.2) is 22.5 Å². The van der Waals surface area contributed by atoms with E-state index < -0.39 is 19.0 Å². The zero-order valence-electron chi connectivity index (χ0n) is 13.0. The molecule has 1 fully saturated rings. The number of halogens is 4. The molecule has 2 aliphatic heterocycles. The fourth-order valence-corrected chi connectivity index (χ4v) is 3.41. The molecule has 2 aliphatic rings. The fraction of sp³-hybridized carbons (Fsp3) is 0.467. The number of hydrogen-bond acceptors (Lipinski definition) is 5. The van der Waals surface area contributed by atoms with Gasteiger partial charge in [-0.15, -0.1) is 11.3 Å². The van der Waals surface area contributed by atoms with E-state index in [4.69, 9.17) is 9.90 Å². The lowest BCUT2D eigenvalue weighted by Gasteiger charge is -2.27. The molecule has 0 saturated carbocycles. The normalized spacial score (nSPS) is 19.9. The van der Waals surface area contributed by atoms with Gasteiger partial charge in [0.15, 0.2) is 6.17 Å². The summed E-state index contributed by atoms with van der Waals surface area (Å²) in [5.41, 5.74) is 0.334. The number of rotatable bonds is 3. The first-order valence-corrected chi connectivity index (χ1v) is 8.38. The molecule has 0 spiro atoms. The number of nitrogens with zero attached hydrogens (tertiary/aromatic N) is 2. The van der Waals surface area contributed by atoms with Crippen LogP contribution in [0.2, 0.25) is 0 Å². The van der Waals surface area contributed by atoms with E-state index in [1.165, 1.54) is 11.4 Å². The highest BCUT2D eigenvalue weighted by Crippen LogP contribution is 2.30. The van der Waals surface area contributed by atoms with Crippen molar-refractivity contribution >= 4 is 29.3 Å². The van der Waals surface area contributed by atoms with Crippen molar-refractivity contribution < 1.29 is 27.5 Å². The third-order valence-corrected chi connectivity index (χ3v) is 4.64. The van der Waals surface area contributed by atoms with Gasteiger partial charge in [-0.25, -0.2) is 22.6 Å². The van der Waals surface area contributed by atoms with E-state index in [1.54, 1.807) is 6.08 Å². The number of hydrogen-bond donors (Lipinski definition) is 2. The molecule has 0 bridgehead atoms. The number of nitrogens with one attached hydrogen (secondary N) is 1. The third-order valence-electron chi connectivity index (χ3n) is 3.65. The molecule has 138 valence electrons. The maximum absolute atomic E-state index is 13.1. The van der Waals surface area contributed by atoms with E-state index in [9.17, 15) is 17.6 Å². The average Bonchev–Trinajstić information content (AvgIpc) is 3.27. The summed E-state index contributed by atoms with van der Waals surface area (Å²) in [7, 11) is 0. The molecule has 25 heavy (non-hydrogen) atoms. The van der Waals surface area contributed by atoms with Crippen molar-refractivity contribution in [1.82, 2.24) is 10.2 Å². The van der Waals surface area contributed by atoms with Gasteiger partial charge in [-0.05, 0) is 18.9 Å². The van der Waals surface area contributed by atoms with Gasteiger partial charge in [0.25, 0.3) is 19.3 Å². The van der Waals surface area contributed by atoms with Gasteiger partial charge in [-0.1, -0.05) is 0 Å². The Labute approximate surface area is 145 Å². The van der Waals surface area contributed by atoms with Gasteiger partial charge in [0.1, 0.15) is 5.84 Å². The predicted octanol–water partition coefficient (Wildman–Crippen LogP) is 3.42. The van der Waals surface area contributed by atoms with Crippen molar-refractivity contribution in [3.05, 3.63) is 28.0 Å². The molecule has 0 aliphatic carbocycles. The Balaban J connectivity index is 0.000000701. The Morgan fingerprint density at radius 1 is 1.32 bits per heavy atom. The van der Waals surface area contributed by atoms with Crippen molar-refractivity contribution in [3.8, 4) is 0 Å². The molecular weight excluding hydrogens is 362 g/mol. The van der Waals surface area contributed by atoms with Crippen LogP contribution in [0, 0.1) is 0 Å². The van der Waals surface area contributed by atoms with Gasteiger partial charge in [-0.3, -0.25) is 4.79 Å². The Kier molecular flexibility index (Phi) is 6.80. The zero-order valence-corrected chi connectivity index (χ0v) is 13.9. The van der Waals surface area contributed by atoms with Crippen LogP contribution < -0.4 is 5.32 Å². The topological polar surface area (TPSA) is 64.9 Å². The van der Waals surface area contributed by atoms with Gasteiger partial charge in [-0.2, -0.15) is 0 Å². The second kappa shape index (κ2) is 8.84. The van der Waals surface area contributed by atoms with Crippen molar-refractivity contribution in [3.63, 3.8) is 0 Å². The summed E-state index contributed by atoms with van der Waals surface area (Å²) in [6.07, 6.45) is -2.88. The lowest BCUT2D eigenvalue weighted by atomic mass is 10.2. The maximum atomic E-state index is 13.1. The molecule has 10 heteroatoms. The van der Waals surface area contributed by atoms with Crippen LogP contribution in [-0.2, 0) is 4.79 Å². The van der Waals surface area contributed by atoms with E-state index in [0.717, 1.165) is 37.3 Å². The van der Waals surface area contributed by atoms with Gasteiger partial charge in [0.05, 0.1) is 10.6 Å². The summed E-state index contributed by atoms with van der Waals surface area (Å²) in [5, 5.41) is 10.9. The van der Waals surface area contributed by atoms with Crippen LogP contribution in [0.5, 0.6) is 0 Å². The quantitative estimate of drug-likeness (QED) is 0.624. The minimum absolute atomic E-state index is 0.0958. The molecule has 1 saturated heterocycles. The maximum Gasteiger partial charge on any atom is 0.290 e. The van der Waals surface area contributed by atoms with Crippen molar-refractivity contribution in [1.29, 1.82) is 0 Å². The predicted molar refractivity (Wildman–Crippen MR) is 87.1 cm³/mol. The monoisotopic (exact) mass is 379 g/mol. The van der Waals surface area contributed by atoms with Crippen LogP contribution in [0.25, 0.3) is 5.70 Å². The number of alkyl halides is 4. The van der Waals surface area contributed by atoms with Gasteiger partial charge in [0, 0.05) is 30.1 Å². The number of carbonyl (C=O) groups is 1. The van der Waals surface area contributed by atoms with Crippen molar-refractivity contribution in [2.24, 2.45) is 4.99 Å². The van der Waals surface area contributed by atoms with Gasteiger partial charge < -0.3 is 15.3 Å².